The van der Waals surface area contributed by atoms with Gasteiger partial charge in [0.05, 0.1) is 40.1 Å². The standard InChI is InChI=1S/C46H30N6/c47-30-32-14-18-36(19-15-32)37-22-24-38(25-23-37)49-50-44-28-29-46(42-13-7-6-12-41(42)44)52-51-45-27-26-43(39-10-4-5-11-40(39)45)48-31-33-16-20-35(21-17-33)34-8-2-1-3-9-34/h1-29,31H/b48-31+,50-49+,52-51+. The van der Waals surface area contributed by atoms with Gasteiger partial charge in [0.15, 0.2) is 0 Å². The maximum atomic E-state index is 9.07. The molecule has 0 saturated carbocycles. The lowest BCUT2D eigenvalue weighted by Gasteiger charge is -2.07. The molecule has 0 heterocycles. The van der Waals surface area contributed by atoms with Crippen LogP contribution in [0.3, 0.4) is 0 Å². The molecular formula is C46H30N6. The summed E-state index contributed by atoms with van der Waals surface area (Å²) in [4.78, 5) is 4.85. The monoisotopic (exact) mass is 666 g/mol. The second-order valence-corrected chi connectivity index (χ2v) is 12.2. The summed E-state index contributed by atoms with van der Waals surface area (Å²) in [5.41, 5.74) is 9.97. The Bertz CT molecular complexity index is 2650. The lowest BCUT2D eigenvalue weighted by atomic mass is 10.0. The van der Waals surface area contributed by atoms with Gasteiger partial charge in [0.1, 0.15) is 0 Å². The molecule has 6 nitrogen and oxygen atoms in total. The molecule has 52 heavy (non-hydrogen) atoms. The maximum Gasteiger partial charge on any atom is 0.0991 e. The van der Waals surface area contributed by atoms with Gasteiger partial charge in [-0.2, -0.15) is 10.4 Å². The highest BCUT2D eigenvalue weighted by molar-refractivity contribution is 6.02. The van der Waals surface area contributed by atoms with Crippen LogP contribution < -0.4 is 0 Å². The van der Waals surface area contributed by atoms with Gasteiger partial charge in [-0.3, -0.25) is 4.99 Å². The molecule has 0 fully saturated rings. The number of hydrogen-bond acceptors (Lipinski definition) is 6. The summed E-state index contributed by atoms with van der Waals surface area (Å²) in [6.07, 6.45) is 1.90. The van der Waals surface area contributed by atoms with E-state index in [-0.39, 0.29) is 0 Å². The number of fused-ring (bicyclic) bond motifs is 2. The average Bonchev–Trinajstić information content (AvgIpc) is 3.22. The van der Waals surface area contributed by atoms with E-state index >= 15 is 0 Å². The van der Waals surface area contributed by atoms with Crippen molar-refractivity contribution < 1.29 is 0 Å². The molecule has 0 N–H and O–H groups in total. The molecule has 0 aromatic heterocycles. The lowest BCUT2D eigenvalue weighted by molar-refractivity contribution is 1.23. The summed E-state index contributed by atoms with van der Waals surface area (Å²) in [7, 11) is 0. The van der Waals surface area contributed by atoms with Crippen molar-refractivity contribution in [1.29, 1.82) is 5.26 Å². The molecule has 0 radical (unpaired) electrons. The van der Waals surface area contributed by atoms with E-state index in [1.807, 2.05) is 121 Å². The van der Waals surface area contributed by atoms with Gasteiger partial charge >= 0.3 is 0 Å². The molecule has 8 aromatic rings. The van der Waals surface area contributed by atoms with Gasteiger partial charge in [-0.15, -0.1) is 15.3 Å². The number of nitriles is 1. The Morgan fingerprint density at radius 2 is 0.769 bits per heavy atom. The van der Waals surface area contributed by atoms with Crippen LogP contribution in [-0.2, 0) is 0 Å². The van der Waals surface area contributed by atoms with E-state index in [4.69, 9.17) is 20.5 Å². The molecule has 0 amide bonds. The van der Waals surface area contributed by atoms with E-state index in [9.17, 15) is 0 Å². The number of rotatable bonds is 8. The second kappa shape index (κ2) is 14.6. The second-order valence-electron chi connectivity index (χ2n) is 12.2. The first-order valence-corrected chi connectivity index (χ1v) is 16.9. The van der Waals surface area contributed by atoms with Gasteiger partial charge in [-0.05, 0) is 76.3 Å². The lowest BCUT2D eigenvalue weighted by Crippen LogP contribution is -1.83. The van der Waals surface area contributed by atoms with Crippen molar-refractivity contribution in [3.8, 4) is 28.3 Å². The molecule has 8 rings (SSSR count). The molecule has 0 aliphatic carbocycles. The first-order valence-electron chi connectivity index (χ1n) is 16.9. The Balaban J connectivity index is 1.02. The predicted molar refractivity (Wildman–Crippen MR) is 212 cm³/mol. The van der Waals surface area contributed by atoms with E-state index < -0.39 is 0 Å². The largest absolute Gasteiger partial charge is 0.256 e. The van der Waals surface area contributed by atoms with Gasteiger partial charge in [-0.1, -0.05) is 127 Å². The number of nitrogens with zero attached hydrogens (tertiary/aromatic N) is 6. The fraction of sp³-hybridized carbons (Fsp3) is 0. The van der Waals surface area contributed by atoms with Crippen molar-refractivity contribution in [1.82, 2.24) is 0 Å². The molecule has 0 bridgehead atoms. The molecule has 6 heteroatoms. The summed E-state index contributed by atoms with van der Waals surface area (Å²) in [5, 5.41) is 31.5. The van der Waals surface area contributed by atoms with Crippen LogP contribution in [0, 0.1) is 11.3 Å². The van der Waals surface area contributed by atoms with Crippen molar-refractivity contribution in [3.63, 3.8) is 0 Å². The molecule has 0 aliphatic heterocycles. The maximum absolute atomic E-state index is 9.07. The van der Waals surface area contributed by atoms with E-state index in [1.54, 1.807) is 0 Å². The van der Waals surface area contributed by atoms with Crippen LogP contribution in [-0.4, -0.2) is 6.21 Å². The molecule has 0 saturated heterocycles. The highest BCUT2D eigenvalue weighted by Gasteiger charge is 2.08. The van der Waals surface area contributed by atoms with Gasteiger partial charge in [0, 0.05) is 27.8 Å². The molecule has 8 aromatic carbocycles. The zero-order chi connectivity index (χ0) is 35.1. The number of hydrogen-bond donors (Lipinski definition) is 0. The fourth-order valence-corrected chi connectivity index (χ4v) is 6.12. The smallest absolute Gasteiger partial charge is 0.0991 e. The van der Waals surface area contributed by atoms with Crippen LogP contribution in [0.5, 0.6) is 0 Å². The van der Waals surface area contributed by atoms with Crippen molar-refractivity contribution >= 4 is 56.2 Å². The summed E-state index contributed by atoms with van der Waals surface area (Å²) in [6, 6.07) is 60.3. The Hall–Kier alpha value is -7.36. The van der Waals surface area contributed by atoms with E-state index in [2.05, 4.69) is 77.0 Å². The number of azo groups is 2. The van der Waals surface area contributed by atoms with Crippen LogP contribution in [0.1, 0.15) is 11.1 Å². The highest BCUT2D eigenvalue weighted by Crippen LogP contribution is 2.38. The summed E-state index contributed by atoms with van der Waals surface area (Å²) < 4.78 is 0. The quantitative estimate of drug-likeness (QED) is 0.117. The Labute approximate surface area is 301 Å². The molecule has 244 valence electrons. The van der Waals surface area contributed by atoms with Gasteiger partial charge in [0.2, 0.25) is 0 Å². The zero-order valence-corrected chi connectivity index (χ0v) is 28.0. The van der Waals surface area contributed by atoms with Gasteiger partial charge in [-0.25, -0.2) is 0 Å². The third-order valence-corrected chi connectivity index (χ3v) is 8.88. The molecular weight excluding hydrogens is 637 g/mol. The van der Waals surface area contributed by atoms with Crippen LogP contribution in [0.15, 0.2) is 201 Å². The van der Waals surface area contributed by atoms with Crippen LogP contribution in [0.4, 0.5) is 28.4 Å². The van der Waals surface area contributed by atoms with E-state index in [0.717, 1.165) is 66.7 Å². The van der Waals surface area contributed by atoms with Crippen LogP contribution in [0.25, 0.3) is 43.8 Å². The Morgan fingerprint density at radius 1 is 0.365 bits per heavy atom. The molecule has 0 unspecified atom stereocenters. The number of aliphatic imine (C=N–C) groups is 1. The van der Waals surface area contributed by atoms with E-state index in [0.29, 0.717) is 5.56 Å². The minimum atomic E-state index is 0.639. The van der Waals surface area contributed by atoms with Gasteiger partial charge in [0.25, 0.3) is 0 Å². The normalized spacial score (nSPS) is 11.6. The minimum Gasteiger partial charge on any atom is -0.256 e. The first-order chi connectivity index (χ1) is 25.7. The average molecular weight is 667 g/mol. The van der Waals surface area contributed by atoms with Crippen LogP contribution in [0.2, 0.25) is 0 Å². The fourth-order valence-electron chi connectivity index (χ4n) is 6.12. The molecule has 0 spiro atoms. The zero-order valence-electron chi connectivity index (χ0n) is 28.0. The van der Waals surface area contributed by atoms with E-state index in [1.165, 1.54) is 11.1 Å². The summed E-state index contributed by atoms with van der Waals surface area (Å²) >= 11 is 0. The van der Waals surface area contributed by atoms with Crippen molar-refractivity contribution in [3.05, 3.63) is 187 Å². The van der Waals surface area contributed by atoms with Crippen molar-refractivity contribution in [2.24, 2.45) is 25.4 Å². The molecule has 0 atom stereocenters. The van der Waals surface area contributed by atoms with Crippen molar-refractivity contribution in [2.45, 2.75) is 0 Å². The summed E-state index contributed by atoms with van der Waals surface area (Å²) in [5.74, 6) is 0. The van der Waals surface area contributed by atoms with Crippen molar-refractivity contribution in [2.75, 3.05) is 0 Å². The predicted octanol–water partition coefficient (Wildman–Crippen LogP) is 13.8. The topological polar surface area (TPSA) is 85.6 Å². The summed E-state index contributed by atoms with van der Waals surface area (Å²) in [6.45, 7) is 0. The van der Waals surface area contributed by atoms with Gasteiger partial charge < -0.3 is 0 Å². The number of benzene rings is 8. The SMILES string of the molecule is N#Cc1ccc(-c2ccc(/N=N/c3ccc(/N=N/c4ccc(/N=C/c5ccc(-c6ccccc6)cc5)c5ccccc45)c4ccccc34)cc2)cc1. The first kappa shape index (κ1) is 31.9. The minimum absolute atomic E-state index is 0.639. The highest BCUT2D eigenvalue weighted by atomic mass is 15.1. The Morgan fingerprint density at radius 3 is 1.29 bits per heavy atom. The third kappa shape index (κ3) is 6.88. The van der Waals surface area contributed by atoms with Crippen LogP contribution >= 0.6 is 0 Å². The molecule has 0 aliphatic rings. The third-order valence-electron chi connectivity index (χ3n) is 8.88. The Kier molecular flexibility index (Phi) is 8.97.